The van der Waals surface area contributed by atoms with Gasteiger partial charge in [0.2, 0.25) is 11.8 Å². The Balaban J connectivity index is 1.31. The number of hydrogen-bond acceptors (Lipinski definition) is 7. The van der Waals surface area contributed by atoms with Gasteiger partial charge in [0.25, 0.3) is 5.91 Å². The van der Waals surface area contributed by atoms with E-state index in [1.807, 2.05) is 54.8 Å². The number of carbonyl (C=O) groups is 2. The van der Waals surface area contributed by atoms with Crippen LogP contribution in [0.15, 0.2) is 57.8 Å². The maximum atomic E-state index is 12.5. The second-order valence-corrected chi connectivity index (χ2v) is 8.26. The molecule has 1 aliphatic heterocycles. The predicted molar refractivity (Wildman–Crippen MR) is 122 cm³/mol. The number of aromatic nitrogens is 2. The van der Waals surface area contributed by atoms with Crippen LogP contribution in [0, 0.1) is 0 Å². The third kappa shape index (κ3) is 5.11. The average molecular weight is 453 g/mol. The summed E-state index contributed by atoms with van der Waals surface area (Å²) in [6, 6.07) is 15.4. The molecule has 1 aromatic heterocycles. The number of nitrogens with zero attached hydrogens (tertiary/aromatic N) is 3. The molecule has 1 saturated heterocycles. The number of rotatable bonds is 8. The second-order valence-electron chi connectivity index (χ2n) is 7.38. The van der Waals surface area contributed by atoms with E-state index in [4.69, 9.17) is 9.15 Å². The lowest BCUT2D eigenvalue weighted by Crippen LogP contribution is -2.24. The average Bonchev–Trinajstić information content (AvgIpc) is 3.44. The zero-order chi connectivity index (χ0) is 22.5. The van der Waals surface area contributed by atoms with Gasteiger partial charge in [0.05, 0.1) is 5.92 Å². The Kier molecular flexibility index (Phi) is 6.75. The van der Waals surface area contributed by atoms with E-state index in [-0.39, 0.29) is 30.9 Å². The first-order valence-electron chi connectivity index (χ1n) is 10.3. The number of aryl methyl sites for hydroxylation is 1. The number of ether oxygens (including phenoxy) is 1. The number of thioether (sulfide) groups is 1. The minimum absolute atomic E-state index is 0.00169. The van der Waals surface area contributed by atoms with Crippen molar-refractivity contribution in [2.45, 2.75) is 30.6 Å². The van der Waals surface area contributed by atoms with Gasteiger partial charge in [0.1, 0.15) is 5.75 Å². The minimum Gasteiger partial charge on any atom is -0.484 e. The van der Waals surface area contributed by atoms with Crippen LogP contribution in [0.1, 0.15) is 30.7 Å². The largest absolute Gasteiger partial charge is 0.484 e. The van der Waals surface area contributed by atoms with Gasteiger partial charge in [-0.15, -0.1) is 16.9 Å². The van der Waals surface area contributed by atoms with E-state index >= 15 is 0 Å². The van der Waals surface area contributed by atoms with Gasteiger partial charge in [0, 0.05) is 23.5 Å². The van der Waals surface area contributed by atoms with E-state index < -0.39 is 5.91 Å². The quantitative estimate of drug-likeness (QED) is 0.518. The van der Waals surface area contributed by atoms with Crippen LogP contribution in [0.3, 0.4) is 0 Å². The monoisotopic (exact) mass is 452 g/mol. The van der Waals surface area contributed by atoms with E-state index in [1.165, 1.54) is 5.56 Å². The molecule has 2 heterocycles. The maximum Gasteiger partial charge on any atom is 0.322 e. The molecule has 0 bridgehead atoms. The molecule has 0 aliphatic carbocycles. The Hall–Kier alpha value is -3.33. The van der Waals surface area contributed by atoms with E-state index in [9.17, 15) is 9.59 Å². The van der Waals surface area contributed by atoms with Crippen LogP contribution in [0.25, 0.3) is 0 Å². The molecule has 1 aliphatic rings. The molecule has 8 nitrogen and oxygen atoms in total. The molecule has 1 N–H and O–H groups in total. The fourth-order valence-corrected chi connectivity index (χ4v) is 3.87. The molecule has 0 unspecified atom stereocenters. The smallest absolute Gasteiger partial charge is 0.322 e. The molecular formula is C23H24N4O4S. The van der Waals surface area contributed by atoms with E-state index in [0.717, 1.165) is 17.0 Å². The van der Waals surface area contributed by atoms with E-state index in [2.05, 4.69) is 22.4 Å². The van der Waals surface area contributed by atoms with Crippen LogP contribution in [-0.2, 0) is 16.0 Å². The lowest BCUT2D eigenvalue weighted by Gasteiger charge is -2.16. The Morgan fingerprint density at radius 2 is 1.94 bits per heavy atom. The van der Waals surface area contributed by atoms with Crippen molar-refractivity contribution in [3.63, 3.8) is 0 Å². The maximum absolute atomic E-state index is 12.5. The zero-order valence-electron chi connectivity index (χ0n) is 17.9. The summed E-state index contributed by atoms with van der Waals surface area (Å²) >= 11 is 1.65. The van der Waals surface area contributed by atoms with Crippen LogP contribution in [0.4, 0.5) is 11.7 Å². The second kappa shape index (κ2) is 9.86. The van der Waals surface area contributed by atoms with Gasteiger partial charge >= 0.3 is 6.01 Å². The topological polar surface area (TPSA) is 97.6 Å². The van der Waals surface area contributed by atoms with Crippen molar-refractivity contribution in [1.82, 2.24) is 10.2 Å². The highest BCUT2D eigenvalue weighted by atomic mass is 32.2. The van der Waals surface area contributed by atoms with Crippen molar-refractivity contribution in [1.29, 1.82) is 0 Å². The third-order valence-corrected chi connectivity index (χ3v) is 5.99. The third-order valence-electron chi connectivity index (χ3n) is 5.25. The minimum atomic E-state index is -0.405. The van der Waals surface area contributed by atoms with Crippen LogP contribution in [-0.4, -0.2) is 41.4 Å². The molecule has 1 fully saturated rings. The first-order valence-corrected chi connectivity index (χ1v) is 11.6. The summed E-state index contributed by atoms with van der Waals surface area (Å²) in [5, 5.41) is 10.5. The molecule has 32 heavy (non-hydrogen) atoms. The summed E-state index contributed by atoms with van der Waals surface area (Å²) in [5.74, 6) is 0.303. The van der Waals surface area contributed by atoms with Gasteiger partial charge in [0.15, 0.2) is 6.61 Å². The van der Waals surface area contributed by atoms with Crippen LogP contribution >= 0.6 is 11.8 Å². The number of anilines is 2. The molecule has 166 valence electrons. The molecular weight excluding hydrogens is 428 g/mol. The van der Waals surface area contributed by atoms with Crippen LogP contribution < -0.4 is 15.0 Å². The van der Waals surface area contributed by atoms with Gasteiger partial charge in [-0.3, -0.25) is 14.9 Å². The van der Waals surface area contributed by atoms with Crippen LogP contribution in [0.2, 0.25) is 0 Å². The predicted octanol–water partition coefficient (Wildman–Crippen LogP) is 3.89. The van der Waals surface area contributed by atoms with Gasteiger partial charge in [-0.1, -0.05) is 24.2 Å². The number of nitrogens with one attached hydrogen (secondary N) is 1. The fraction of sp³-hybridized carbons (Fsp3) is 0.304. The SMILES string of the molecule is CCc1ccc(OCC(=O)Nc2nnc([C@@H]3CC(=O)N(c4ccc(SC)cc4)C3)o2)cc1. The molecule has 3 aromatic rings. The van der Waals surface area contributed by atoms with Crippen molar-refractivity contribution >= 4 is 35.3 Å². The highest BCUT2D eigenvalue weighted by Gasteiger charge is 2.35. The first kappa shape index (κ1) is 21.9. The molecule has 2 aromatic carbocycles. The van der Waals surface area contributed by atoms with Crippen molar-refractivity contribution in [2.24, 2.45) is 0 Å². The number of amides is 2. The molecule has 1 atom stereocenters. The van der Waals surface area contributed by atoms with Gasteiger partial charge in [-0.05, 0) is 54.6 Å². The summed E-state index contributed by atoms with van der Waals surface area (Å²) in [7, 11) is 0. The molecule has 4 rings (SSSR count). The van der Waals surface area contributed by atoms with Crippen molar-refractivity contribution in [3.8, 4) is 5.75 Å². The van der Waals surface area contributed by atoms with Crippen LogP contribution in [0.5, 0.6) is 5.75 Å². The lowest BCUT2D eigenvalue weighted by molar-refractivity contribution is -0.118. The standard InChI is InChI=1S/C23H24N4O4S/c1-3-15-4-8-18(9-5-15)30-14-20(28)24-23-26-25-22(31-23)16-12-21(29)27(13-16)17-6-10-19(32-2)11-7-17/h4-11,16H,3,12-14H2,1-2H3,(H,24,26,28)/t16-/m1/s1. The number of hydrogen-bond donors (Lipinski definition) is 1. The summed E-state index contributed by atoms with van der Waals surface area (Å²) in [6.45, 7) is 2.35. The summed E-state index contributed by atoms with van der Waals surface area (Å²) < 4.78 is 11.1. The van der Waals surface area contributed by atoms with Crippen molar-refractivity contribution in [2.75, 3.05) is 29.6 Å². The summed E-state index contributed by atoms with van der Waals surface area (Å²) in [5.41, 5.74) is 2.04. The van der Waals surface area contributed by atoms with E-state index in [0.29, 0.717) is 18.2 Å². The van der Waals surface area contributed by atoms with Crippen molar-refractivity contribution < 1.29 is 18.7 Å². The summed E-state index contributed by atoms with van der Waals surface area (Å²) in [6.07, 6.45) is 3.22. The number of benzene rings is 2. The fourth-order valence-electron chi connectivity index (χ4n) is 3.46. The molecule has 0 spiro atoms. The normalized spacial score (nSPS) is 15.8. The van der Waals surface area contributed by atoms with E-state index in [1.54, 1.807) is 16.7 Å². The molecule has 9 heteroatoms. The first-order chi connectivity index (χ1) is 15.6. The van der Waals surface area contributed by atoms with Gasteiger partial charge in [-0.2, -0.15) is 0 Å². The highest BCUT2D eigenvalue weighted by molar-refractivity contribution is 7.98. The Morgan fingerprint density at radius 1 is 1.19 bits per heavy atom. The Bertz CT molecular complexity index is 1080. The molecule has 0 radical (unpaired) electrons. The zero-order valence-corrected chi connectivity index (χ0v) is 18.7. The summed E-state index contributed by atoms with van der Waals surface area (Å²) in [4.78, 5) is 27.5. The molecule has 2 amide bonds. The Morgan fingerprint density at radius 3 is 2.62 bits per heavy atom. The number of carbonyl (C=O) groups excluding carboxylic acids is 2. The lowest BCUT2D eigenvalue weighted by atomic mass is 10.1. The van der Waals surface area contributed by atoms with Gasteiger partial charge in [-0.25, -0.2) is 0 Å². The molecule has 0 saturated carbocycles. The Labute approximate surface area is 190 Å². The highest BCUT2D eigenvalue weighted by Crippen LogP contribution is 2.32. The van der Waals surface area contributed by atoms with Crippen molar-refractivity contribution in [3.05, 3.63) is 60.0 Å². The van der Waals surface area contributed by atoms with Gasteiger partial charge < -0.3 is 14.1 Å².